The third-order valence-electron chi connectivity index (χ3n) is 3.17. The van der Waals surface area contributed by atoms with Crippen molar-refractivity contribution < 1.29 is 4.79 Å². The van der Waals surface area contributed by atoms with E-state index < -0.39 is 0 Å². The van der Waals surface area contributed by atoms with Crippen LogP contribution >= 0.6 is 0 Å². The Morgan fingerprint density at radius 1 is 1.18 bits per heavy atom. The fourth-order valence-corrected chi connectivity index (χ4v) is 2.13. The van der Waals surface area contributed by atoms with E-state index in [-0.39, 0.29) is 5.91 Å². The number of nitrogens with zero attached hydrogens (tertiary/aromatic N) is 1. The Hall–Kier alpha value is -1.35. The third-order valence-corrected chi connectivity index (χ3v) is 3.17. The van der Waals surface area contributed by atoms with Crippen LogP contribution in [0.5, 0.6) is 0 Å². The zero-order valence-electron chi connectivity index (χ0n) is 10.2. The van der Waals surface area contributed by atoms with Crippen molar-refractivity contribution in [3.8, 4) is 0 Å². The first-order valence-electron chi connectivity index (χ1n) is 6.39. The molecule has 0 aromatic heterocycles. The highest BCUT2D eigenvalue weighted by Crippen LogP contribution is 2.04. The fraction of sp³-hybridized carbons (Fsp3) is 0.500. The minimum atomic E-state index is 0.237. The molecule has 1 aromatic carbocycles. The van der Waals surface area contributed by atoms with E-state index in [4.69, 9.17) is 0 Å². The highest BCUT2D eigenvalue weighted by Gasteiger charge is 2.14. The highest BCUT2D eigenvalue weighted by atomic mass is 16.2. The van der Waals surface area contributed by atoms with Gasteiger partial charge in [0.15, 0.2) is 0 Å². The standard InChI is InChI=1S/C14H20N2O/c17-14-12-15-9-4-5-10-16(14)11-8-13-6-2-1-3-7-13/h1-3,6-7,15H,4-5,8-12H2. The van der Waals surface area contributed by atoms with Gasteiger partial charge in [-0.2, -0.15) is 0 Å². The van der Waals surface area contributed by atoms with Gasteiger partial charge in [0.25, 0.3) is 0 Å². The molecule has 1 N–H and O–H groups in total. The van der Waals surface area contributed by atoms with Crippen LogP contribution in [0.1, 0.15) is 18.4 Å². The van der Waals surface area contributed by atoms with Crippen molar-refractivity contribution in [1.82, 2.24) is 10.2 Å². The van der Waals surface area contributed by atoms with Crippen molar-refractivity contribution in [2.45, 2.75) is 19.3 Å². The molecule has 1 aliphatic heterocycles. The molecule has 0 bridgehead atoms. The maximum atomic E-state index is 11.9. The Morgan fingerprint density at radius 2 is 2.00 bits per heavy atom. The molecule has 0 atom stereocenters. The van der Waals surface area contributed by atoms with Crippen LogP contribution in [0.3, 0.4) is 0 Å². The van der Waals surface area contributed by atoms with Crippen LogP contribution < -0.4 is 5.32 Å². The Balaban J connectivity index is 1.85. The number of hydrogen-bond acceptors (Lipinski definition) is 2. The molecule has 0 saturated carbocycles. The maximum absolute atomic E-state index is 11.9. The molecule has 17 heavy (non-hydrogen) atoms. The summed E-state index contributed by atoms with van der Waals surface area (Å²) in [6, 6.07) is 10.4. The molecule has 3 nitrogen and oxygen atoms in total. The quantitative estimate of drug-likeness (QED) is 0.855. The summed E-state index contributed by atoms with van der Waals surface area (Å²) < 4.78 is 0. The topological polar surface area (TPSA) is 32.3 Å². The molecule has 1 amide bonds. The SMILES string of the molecule is O=C1CNCCCCN1CCc1ccccc1. The molecule has 0 radical (unpaired) electrons. The monoisotopic (exact) mass is 232 g/mol. The summed E-state index contributed by atoms with van der Waals surface area (Å²) in [5, 5.41) is 3.17. The zero-order chi connectivity index (χ0) is 11.9. The number of nitrogens with one attached hydrogen (secondary N) is 1. The predicted octanol–water partition coefficient (Wildman–Crippen LogP) is 1.44. The van der Waals surface area contributed by atoms with Gasteiger partial charge in [0.2, 0.25) is 5.91 Å². The van der Waals surface area contributed by atoms with Gasteiger partial charge in [0, 0.05) is 13.1 Å². The summed E-state index contributed by atoms with van der Waals surface area (Å²) in [7, 11) is 0. The second-order valence-corrected chi connectivity index (χ2v) is 4.50. The number of rotatable bonds is 3. The van der Waals surface area contributed by atoms with E-state index in [9.17, 15) is 4.79 Å². The Bertz CT molecular complexity index is 350. The van der Waals surface area contributed by atoms with Crippen molar-refractivity contribution in [2.24, 2.45) is 0 Å². The first-order valence-corrected chi connectivity index (χ1v) is 6.39. The molecule has 1 aliphatic rings. The van der Waals surface area contributed by atoms with Gasteiger partial charge in [-0.25, -0.2) is 0 Å². The molecule has 1 aromatic rings. The normalized spacial score (nSPS) is 17.6. The molecular formula is C14H20N2O. The van der Waals surface area contributed by atoms with Gasteiger partial charge >= 0.3 is 0 Å². The van der Waals surface area contributed by atoms with Crippen LogP contribution in [-0.4, -0.2) is 37.0 Å². The van der Waals surface area contributed by atoms with Gasteiger partial charge in [0.05, 0.1) is 6.54 Å². The second kappa shape index (κ2) is 6.40. The first kappa shape index (κ1) is 12.1. The van der Waals surface area contributed by atoms with Gasteiger partial charge in [0.1, 0.15) is 0 Å². The summed E-state index contributed by atoms with van der Waals surface area (Å²) in [4.78, 5) is 13.8. The lowest BCUT2D eigenvalue weighted by atomic mass is 10.1. The van der Waals surface area contributed by atoms with Gasteiger partial charge in [-0.3, -0.25) is 4.79 Å². The van der Waals surface area contributed by atoms with Crippen LogP contribution in [0, 0.1) is 0 Å². The van der Waals surface area contributed by atoms with Gasteiger partial charge in [-0.15, -0.1) is 0 Å². The minimum Gasteiger partial charge on any atom is -0.341 e. The van der Waals surface area contributed by atoms with Crippen LogP contribution in [-0.2, 0) is 11.2 Å². The number of hydrogen-bond donors (Lipinski definition) is 1. The molecule has 0 unspecified atom stereocenters. The summed E-state index contributed by atoms with van der Waals surface area (Å²) in [5.74, 6) is 0.237. The van der Waals surface area contributed by atoms with Crippen LogP contribution in [0.2, 0.25) is 0 Å². The van der Waals surface area contributed by atoms with E-state index in [0.717, 1.165) is 38.9 Å². The van der Waals surface area contributed by atoms with Gasteiger partial charge in [-0.1, -0.05) is 30.3 Å². The van der Waals surface area contributed by atoms with E-state index in [2.05, 4.69) is 17.4 Å². The molecular weight excluding hydrogens is 212 g/mol. The molecule has 2 rings (SSSR count). The highest BCUT2D eigenvalue weighted by molar-refractivity contribution is 5.78. The Kier molecular flexibility index (Phi) is 4.56. The third kappa shape index (κ3) is 3.86. The number of amides is 1. The maximum Gasteiger partial charge on any atom is 0.236 e. The summed E-state index contributed by atoms with van der Waals surface area (Å²) in [6.07, 6.45) is 3.22. The minimum absolute atomic E-state index is 0.237. The lowest BCUT2D eigenvalue weighted by molar-refractivity contribution is -0.130. The van der Waals surface area contributed by atoms with E-state index in [0.29, 0.717) is 6.54 Å². The van der Waals surface area contributed by atoms with E-state index in [1.54, 1.807) is 0 Å². The van der Waals surface area contributed by atoms with Gasteiger partial charge in [-0.05, 0) is 31.4 Å². The van der Waals surface area contributed by atoms with Gasteiger partial charge < -0.3 is 10.2 Å². The number of benzene rings is 1. The molecule has 3 heteroatoms. The smallest absolute Gasteiger partial charge is 0.236 e. The lowest BCUT2D eigenvalue weighted by Crippen LogP contribution is -2.42. The number of carbonyl (C=O) groups is 1. The molecule has 0 aliphatic carbocycles. The summed E-state index contributed by atoms with van der Waals surface area (Å²) in [5.41, 5.74) is 1.30. The van der Waals surface area contributed by atoms with E-state index in [1.165, 1.54) is 5.56 Å². The van der Waals surface area contributed by atoms with Crippen LogP contribution in [0.4, 0.5) is 0 Å². The summed E-state index contributed by atoms with van der Waals surface area (Å²) in [6.45, 7) is 3.21. The van der Waals surface area contributed by atoms with Crippen molar-refractivity contribution in [3.63, 3.8) is 0 Å². The molecule has 1 fully saturated rings. The molecule has 1 heterocycles. The predicted molar refractivity (Wildman–Crippen MR) is 68.8 cm³/mol. The molecule has 92 valence electrons. The first-order chi connectivity index (χ1) is 8.36. The number of carbonyl (C=O) groups excluding carboxylic acids is 1. The van der Waals surface area contributed by atoms with E-state index in [1.807, 2.05) is 23.1 Å². The summed E-state index contributed by atoms with van der Waals surface area (Å²) >= 11 is 0. The fourth-order valence-electron chi connectivity index (χ4n) is 2.13. The average molecular weight is 232 g/mol. The second-order valence-electron chi connectivity index (χ2n) is 4.50. The van der Waals surface area contributed by atoms with Crippen molar-refractivity contribution in [1.29, 1.82) is 0 Å². The largest absolute Gasteiger partial charge is 0.341 e. The van der Waals surface area contributed by atoms with E-state index >= 15 is 0 Å². The lowest BCUT2D eigenvalue weighted by Gasteiger charge is -2.25. The zero-order valence-corrected chi connectivity index (χ0v) is 10.2. The molecule has 1 saturated heterocycles. The van der Waals surface area contributed by atoms with Crippen molar-refractivity contribution in [3.05, 3.63) is 35.9 Å². The van der Waals surface area contributed by atoms with Crippen molar-refractivity contribution in [2.75, 3.05) is 26.2 Å². The molecule has 0 spiro atoms. The Morgan fingerprint density at radius 3 is 2.82 bits per heavy atom. The average Bonchev–Trinajstić information content (AvgIpc) is 2.35. The van der Waals surface area contributed by atoms with Crippen LogP contribution in [0.15, 0.2) is 30.3 Å². The van der Waals surface area contributed by atoms with Crippen molar-refractivity contribution >= 4 is 5.91 Å². The van der Waals surface area contributed by atoms with Crippen LogP contribution in [0.25, 0.3) is 0 Å². The Labute approximate surface area is 103 Å².